The van der Waals surface area contributed by atoms with Gasteiger partial charge in [0.15, 0.2) is 0 Å². The Kier molecular flexibility index (Phi) is 4.43. The number of benzene rings is 1. The fourth-order valence-corrected chi connectivity index (χ4v) is 0.995. The molecule has 1 aromatic carbocycles. The number of methoxy groups -OCH3 is 1. The second kappa shape index (κ2) is 5.87. The molecule has 5 nitrogen and oxygen atoms in total. The van der Waals surface area contributed by atoms with E-state index < -0.39 is 6.03 Å². The van der Waals surface area contributed by atoms with Crippen LogP contribution in [0.15, 0.2) is 24.3 Å². The van der Waals surface area contributed by atoms with Crippen molar-refractivity contribution in [2.75, 3.05) is 19.0 Å². The molecule has 0 aliphatic carbocycles. The van der Waals surface area contributed by atoms with Crippen LogP contribution in [0.2, 0.25) is 0 Å². The summed E-state index contributed by atoms with van der Waals surface area (Å²) in [5, 5.41) is 2.60. The predicted octanol–water partition coefficient (Wildman–Crippen LogP) is 1.77. The highest BCUT2D eigenvalue weighted by atomic mass is 16.7. The Bertz CT molecular complexity index is 328. The smallest absolute Gasteiger partial charge is 0.343 e. The average Bonchev–Trinajstić information content (AvgIpc) is 2.26. The van der Waals surface area contributed by atoms with E-state index in [4.69, 9.17) is 9.57 Å². The number of urea groups is 1. The number of carbonyl (C=O) groups excluding carboxylic acids is 1. The van der Waals surface area contributed by atoms with Crippen molar-refractivity contribution in [2.45, 2.75) is 6.92 Å². The van der Waals surface area contributed by atoms with Gasteiger partial charge in [0.05, 0.1) is 13.7 Å². The van der Waals surface area contributed by atoms with Crippen molar-refractivity contribution in [3.63, 3.8) is 0 Å². The van der Waals surface area contributed by atoms with Crippen LogP contribution in [0.4, 0.5) is 10.5 Å². The second-order valence-corrected chi connectivity index (χ2v) is 2.72. The lowest BCUT2D eigenvalue weighted by molar-refractivity contribution is 0.0758. The van der Waals surface area contributed by atoms with Crippen LogP contribution in [0.25, 0.3) is 0 Å². The lowest BCUT2D eigenvalue weighted by Crippen LogP contribution is -2.28. The Morgan fingerprint density at radius 3 is 2.93 bits per heavy atom. The van der Waals surface area contributed by atoms with Crippen LogP contribution in [0.5, 0.6) is 5.75 Å². The van der Waals surface area contributed by atoms with Crippen LogP contribution in [0.1, 0.15) is 6.92 Å². The van der Waals surface area contributed by atoms with E-state index >= 15 is 0 Å². The molecule has 5 heteroatoms. The largest absolute Gasteiger partial charge is 0.497 e. The summed E-state index contributed by atoms with van der Waals surface area (Å²) < 4.78 is 5.01. The third kappa shape index (κ3) is 3.86. The lowest BCUT2D eigenvalue weighted by atomic mass is 10.3. The van der Waals surface area contributed by atoms with E-state index in [2.05, 4.69) is 10.8 Å². The van der Waals surface area contributed by atoms with E-state index in [0.717, 1.165) is 0 Å². The zero-order valence-corrected chi connectivity index (χ0v) is 8.74. The Balaban J connectivity index is 2.52. The van der Waals surface area contributed by atoms with E-state index in [-0.39, 0.29) is 0 Å². The molecule has 0 spiro atoms. The fraction of sp³-hybridized carbons (Fsp3) is 0.300. The first kappa shape index (κ1) is 11.3. The number of hydrogen-bond acceptors (Lipinski definition) is 3. The van der Waals surface area contributed by atoms with Crippen molar-refractivity contribution in [2.24, 2.45) is 0 Å². The summed E-state index contributed by atoms with van der Waals surface area (Å²) in [6.45, 7) is 2.21. The molecule has 0 aliphatic rings. The maximum absolute atomic E-state index is 11.2. The molecule has 2 amide bonds. The van der Waals surface area contributed by atoms with E-state index in [9.17, 15) is 4.79 Å². The maximum Gasteiger partial charge on any atom is 0.343 e. The second-order valence-electron chi connectivity index (χ2n) is 2.72. The molecule has 0 atom stereocenters. The molecule has 0 saturated heterocycles. The first-order valence-electron chi connectivity index (χ1n) is 4.59. The van der Waals surface area contributed by atoms with Gasteiger partial charge >= 0.3 is 6.03 Å². The van der Waals surface area contributed by atoms with Gasteiger partial charge in [-0.15, -0.1) is 0 Å². The molecule has 0 saturated carbocycles. The highest BCUT2D eigenvalue weighted by Gasteiger charge is 2.01. The van der Waals surface area contributed by atoms with Gasteiger partial charge in [-0.2, -0.15) is 0 Å². The van der Waals surface area contributed by atoms with Gasteiger partial charge in [-0.1, -0.05) is 6.07 Å². The summed E-state index contributed by atoms with van der Waals surface area (Å²) in [6, 6.07) is 6.64. The average molecular weight is 210 g/mol. The van der Waals surface area contributed by atoms with Crippen molar-refractivity contribution in [3.05, 3.63) is 24.3 Å². The molecule has 0 radical (unpaired) electrons. The SMILES string of the molecule is CCONC(=O)Nc1cccc(OC)c1. The normalized spacial score (nSPS) is 9.47. The van der Waals surface area contributed by atoms with Gasteiger partial charge in [0.1, 0.15) is 5.75 Å². The number of amides is 2. The van der Waals surface area contributed by atoms with E-state index in [0.29, 0.717) is 18.0 Å². The number of ether oxygens (including phenoxy) is 1. The minimum atomic E-state index is -0.412. The molecule has 82 valence electrons. The van der Waals surface area contributed by atoms with E-state index in [1.807, 2.05) is 0 Å². The number of rotatable bonds is 4. The van der Waals surface area contributed by atoms with Crippen LogP contribution in [0, 0.1) is 0 Å². The summed E-state index contributed by atoms with van der Waals surface area (Å²) in [5.74, 6) is 0.684. The number of anilines is 1. The molecule has 0 bridgehead atoms. The summed E-state index contributed by atoms with van der Waals surface area (Å²) in [5.41, 5.74) is 2.87. The lowest BCUT2D eigenvalue weighted by Gasteiger charge is -2.07. The first-order chi connectivity index (χ1) is 7.26. The van der Waals surface area contributed by atoms with Crippen molar-refractivity contribution < 1.29 is 14.4 Å². The Labute approximate surface area is 88.3 Å². The van der Waals surface area contributed by atoms with Gasteiger partial charge in [-0.05, 0) is 19.1 Å². The minimum absolute atomic E-state index is 0.412. The molecule has 0 unspecified atom stereocenters. The van der Waals surface area contributed by atoms with Crippen molar-refractivity contribution >= 4 is 11.7 Å². The molecule has 0 aliphatic heterocycles. The minimum Gasteiger partial charge on any atom is -0.497 e. The zero-order chi connectivity index (χ0) is 11.1. The molecule has 2 N–H and O–H groups in total. The van der Waals surface area contributed by atoms with Crippen LogP contribution < -0.4 is 15.5 Å². The molecule has 1 rings (SSSR count). The monoisotopic (exact) mass is 210 g/mol. The Morgan fingerprint density at radius 1 is 1.47 bits per heavy atom. The number of hydrogen-bond donors (Lipinski definition) is 2. The van der Waals surface area contributed by atoms with Crippen LogP contribution >= 0.6 is 0 Å². The van der Waals surface area contributed by atoms with Gasteiger partial charge in [0.2, 0.25) is 0 Å². The molecular weight excluding hydrogens is 196 g/mol. The van der Waals surface area contributed by atoms with Gasteiger partial charge in [0.25, 0.3) is 0 Å². The summed E-state index contributed by atoms with van der Waals surface area (Å²) in [4.78, 5) is 15.9. The van der Waals surface area contributed by atoms with Crippen molar-refractivity contribution in [1.82, 2.24) is 5.48 Å². The summed E-state index contributed by atoms with van der Waals surface area (Å²) in [6.07, 6.45) is 0. The number of nitrogens with one attached hydrogen (secondary N) is 2. The molecule has 0 fully saturated rings. The Hall–Kier alpha value is -1.75. The van der Waals surface area contributed by atoms with Crippen LogP contribution in [0.3, 0.4) is 0 Å². The van der Waals surface area contributed by atoms with Crippen molar-refractivity contribution in [1.29, 1.82) is 0 Å². The van der Waals surface area contributed by atoms with Gasteiger partial charge in [-0.3, -0.25) is 4.84 Å². The van der Waals surface area contributed by atoms with Gasteiger partial charge < -0.3 is 10.1 Å². The van der Waals surface area contributed by atoms with Crippen molar-refractivity contribution in [3.8, 4) is 5.75 Å². The van der Waals surface area contributed by atoms with E-state index in [1.165, 1.54) is 0 Å². The predicted molar refractivity (Wildman–Crippen MR) is 56.8 cm³/mol. The maximum atomic E-state index is 11.2. The highest BCUT2D eigenvalue weighted by Crippen LogP contribution is 2.16. The van der Waals surface area contributed by atoms with Crippen LogP contribution in [-0.2, 0) is 4.84 Å². The van der Waals surface area contributed by atoms with Gasteiger partial charge in [-0.25, -0.2) is 10.3 Å². The summed E-state index contributed by atoms with van der Waals surface area (Å²) >= 11 is 0. The van der Waals surface area contributed by atoms with Crippen LogP contribution in [-0.4, -0.2) is 19.7 Å². The number of carbonyl (C=O) groups is 1. The standard InChI is InChI=1S/C10H14N2O3/c1-3-15-12-10(13)11-8-5-4-6-9(7-8)14-2/h4-7H,3H2,1-2H3,(H2,11,12,13). The number of hydroxylamine groups is 1. The first-order valence-corrected chi connectivity index (χ1v) is 4.59. The topological polar surface area (TPSA) is 59.6 Å². The zero-order valence-electron chi connectivity index (χ0n) is 8.74. The summed E-state index contributed by atoms with van der Waals surface area (Å²) in [7, 11) is 1.57. The molecule has 15 heavy (non-hydrogen) atoms. The third-order valence-electron chi connectivity index (χ3n) is 1.64. The molecule has 0 heterocycles. The van der Waals surface area contributed by atoms with E-state index in [1.54, 1.807) is 38.3 Å². The Morgan fingerprint density at radius 2 is 2.27 bits per heavy atom. The quantitative estimate of drug-likeness (QED) is 0.744. The van der Waals surface area contributed by atoms with Gasteiger partial charge in [0, 0.05) is 11.8 Å². The third-order valence-corrected chi connectivity index (χ3v) is 1.64. The highest BCUT2D eigenvalue weighted by molar-refractivity contribution is 5.88. The molecular formula is C10H14N2O3. The molecule has 1 aromatic rings. The fourth-order valence-electron chi connectivity index (χ4n) is 0.995. The molecule has 0 aromatic heterocycles.